The highest BCUT2D eigenvalue weighted by Gasteiger charge is 2.35. The molecule has 12 heteroatoms. The van der Waals surface area contributed by atoms with Gasteiger partial charge in [-0.2, -0.15) is 0 Å². The maximum Gasteiger partial charge on any atom is 0.261 e. The smallest absolute Gasteiger partial charge is 0.261 e. The van der Waals surface area contributed by atoms with Crippen molar-refractivity contribution in [3.63, 3.8) is 0 Å². The van der Waals surface area contributed by atoms with Crippen molar-refractivity contribution in [1.82, 2.24) is 4.90 Å². The molecule has 2 amide bonds. The number of rotatable bonds is 15. The van der Waals surface area contributed by atoms with Crippen molar-refractivity contribution in [3.8, 4) is 28.7 Å². The van der Waals surface area contributed by atoms with Crippen molar-refractivity contribution >= 4 is 21.7 Å². The minimum absolute atomic E-state index is 0.0318. The third-order valence-electron chi connectivity index (χ3n) is 8.26. The fraction of sp³-hybridized carbons (Fsp3) is 0.429. The van der Waals surface area contributed by atoms with Crippen LogP contribution in [0.3, 0.4) is 0 Å². The second-order valence-corrected chi connectivity index (χ2v) is 13.5. The van der Waals surface area contributed by atoms with E-state index in [1.54, 1.807) is 57.7 Å². The molecule has 3 aromatic carbocycles. The van der Waals surface area contributed by atoms with Gasteiger partial charge in [-0.05, 0) is 79.6 Å². The lowest BCUT2D eigenvalue weighted by Crippen LogP contribution is -2.30. The highest BCUT2D eigenvalue weighted by Crippen LogP contribution is 2.48. The molecule has 1 fully saturated rings. The number of hydrogen-bond donors (Lipinski definition) is 0. The molecule has 2 aliphatic rings. The van der Waals surface area contributed by atoms with Crippen molar-refractivity contribution < 1.29 is 46.4 Å². The monoisotopic (exact) mass is 667 g/mol. The number of benzene rings is 3. The summed E-state index contributed by atoms with van der Waals surface area (Å²) < 4.78 is 61.1. The molecule has 0 aliphatic carbocycles. The summed E-state index contributed by atoms with van der Waals surface area (Å²) in [6.07, 6.45) is 3.46. The number of sulfone groups is 1. The zero-order valence-corrected chi connectivity index (χ0v) is 28.2. The van der Waals surface area contributed by atoms with Crippen LogP contribution in [0.15, 0.2) is 53.4 Å². The van der Waals surface area contributed by atoms with Crippen molar-refractivity contribution in [2.45, 2.75) is 56.1 Å². The number of imide groups is 1. The highest BCUT2D eigenvalue weighted by molar-refractivity contribution is 7.90. The first-order valence-electron chi connectivity index (χ1n) is 15.6. The first-order chi connectivity index (χ1) is 22.6. The fourth-order valence-electron chi connectivity index (χ4n) is 5.92. The molecule has 5 rings (SSSR count). The Bertz CT molecular complexity index is 1680. The molecule has 47 heavy (non-hydrogen) atoms. The van der Waals surface area contributed by atoms with Crippen LogP contribution in [0, 0.1) is 0 Å². The molecule has 2 aliphatic heterocycles. The molecule has 11 nitrogen and oxygen atoms in total. The third-order valence-corrected chi connectivity index (χ3v) is 9.36. The number of nitrogens with zero attached hydrogens (tertiary/aromatic N) is 1. The number of carbonyl (C=O) groups excluding carboxylic acids is 2. The molecular formula is C35H41NO10S. The van der Waals surface area contributed by atoms with Gasteiger partial charge in [-0.3, -0.25) is 14.5 Å². The van der Waals surface area contributed by atoms with E-state index in [2.05, 4.69) is 0 Å². The normalized spacial score (nSPS) is 17.5. The van der Waals surface area contributed by atoms with E-state index in [1.807, 2.05) is 19.1 Å². The maximum atomic E-state index is 13.0. The number of amides is 2. The molecule has 1 saturated heterocycles. The van der Waals surface area contributed by atoms with Gasteiger partial charge in [0, 0.05) is 12.8 Å². The largest absolute Gasteiger partial charge is 0.493 e. The number of carbonyl (C=O) groups is 2. The average Bonchev–Trinajstić information content (AvgIpc) is 3.66. The van der Waals surface area contributed by atoms with Crippen LogP contribution in [0.5, 0.6) is 28.7 Å². The number of fused-ring (bicyclic) bond motifs is 1. The van der Waals surface area contributed by atoms with Crippen LogP contribution in [-0.2, 0) is 14.6 Å². The molecule has 3 aromatic rings. The Morgan fingerprint density at radius 3 is 1.87 bits per heavy atom. The van der Waals surface area contributed by atoms with Crippen LogP contribution < -0.4 is 23.7 Å². The Labute approximate surface area is 275 Å². The summed E-state index contributed by atoms with van der Waals surface area (Å²) in [6, 6.07) is 13.9. The highest BCUT2D eigenvalue weighted by atomic mass is 32.2. The van der Waals surface area contributed by atoms with Crippen molar-refractivity contribution in [1.29, 1.82) is 0 Å². The second kappa shape index (κ2) is 14.6. The number of ether oxygens (including phenoxy) is 6. The van der Waals surface area contributed by atoms with E-state index in [9.17, 15) is 18.0 Å². The van der Waals surface area contributed by atoms with Gasteiger partial charge in [0.1, 0.15) is 4.90 Å². The quantitative estimate of drug-likeness (QED) is 0.142. The number of unbranched alkanes of at least 4 members (excludes halogenated alkanes) is 1. The van der Waals surface area contributed by atoms with E-state index in [0.717, 1.165) is 11.8 Å². The van der Waals surface area contributed by atoms with Crippen LogP contribution >= 0.6 is 0 Å². The minimum Gasteiger partial charge on any atom is -0.493 e. The summed E-state index contributed by atoms with van der Waals surface area (Å²) in [6.45, 7) is 2.71. The standard InChI is InChI=1S/C35H41NO10S/c1-6-16-45-33-30(44-17-10-9-15-36-34(37)24-11-7-8-12-25(24)35(36)38)20-23(21-31(33)47(5,39)40)27-14-13-26(46-27)22-18-28(41-2)32(43-4)29(19-22)42-3/h7-8,11-12,18-21,26-27H,6,9-10,13-17H2,1-5H3/t26-,27-/m0/s1. The third kappa shape index (κ3) is 7.18. The van der Waals surface area contributed by atoms with Gasteiger partial charge >= 0.3 is 0 Å². The van der Waals surface area contributed by atoms with E-state index in [1.165, 1.54) is 4.90 Å². The van der Waals surface area contributed by atoms with Crippen molar-refractivity contribution in [2.75, 3.05) is 47.3 Å². The van der Waals surface area contributed by atoms with Crippen LogP contribution in [0.25, 0.3) is 0 Å². The summed E-state index contributed by atoms with van der Waals surface area (Å²) in [4.78, 5) is 26.7. The number of methoxy groups -OCH3 is 3. The Kier molecular flexibility index (Phi) is 10.6. The SMILES string of the molecule is CCCOc1c(OCCCCN2C(=O)c3ccccc3C2=O)cc([C@@H]2CC[C@@H](c3cc(OC)c(OC)c(OC)c3)O2)cc1S(C)(=O)=O. The lowest BCUT2D eigenvalue weighted by Gasteiger charge is -2.21. The molecule has 2 atom stereocenters. The Balaban J connectivity index is 1.33. The molecule has 0 radical (unpaired) electrons. The van der Waals surface area contributed by atoms with Gasteiger partial charge in [0.2, 0.25) is 5.75 Å². The Hall–Kier alpha value is -4.29. The Morgan fingerprint density at radius 2 is 1.34 bits per heavy atom. The summed E-state index contributed by atoms with van der Waals surface area (Å²) in [7, 11) is 0.953. The minimum atomic E-state index is -3.70. The van der Waals surface area contributed by atoms with Gasteiger partial charge in [-0.25, -0.2) is 8.42 Å². The van der Waals surface area contributed by atoms with Crippen molar-refractivity contribution in [3.05, 3.63) is 70.8 Å². The molecule has 0 N–H and O–H groups in total. The van der Waals surface area contributed by atoms with E-state index in [0.29, 0.717) is 78.4 Å². The predicted molar refractivity (Wildman–Crippen MR) is 174 cm³/mol. The Morgan fingerprint density at radius 1 is 0.766 bits per heavy atom. The molecule has 0 unspecified atom stereocenters. The van der Waals surface area contributed by atoms with E-state index in [4.69, 9.17) is 28.4 Å². The maximum absolute atomic E-state index is 13.0. The molecule has 0 aromatic heterocycles. The molecule has 0 saturated carbocycles. The number of hydrogen-bond acceptors (Lipinski definition) is 10. The van der Waals surface area contributed by atoms with Crippen LogP contribution in [-0.4, -0.2) is 72.5 Å². The van der Waals surface area contributed by atoms with Crippen molar-refractivity contribution in [2.24, 2.45) is 0 Å². The summed E-state index contributed by atoms with van der Waals surface area (Å²) in [5, 5.41) is 0. The van der Waals surface area contributed by atoms with Crippen LogP contribution in [0.4, 0.5) is 0 Å². The summed E-state index contributed by atoms with van der Waals surface area (Å²) >= 11 is 0. The van der Waals surface area contributed by atoms with Gasteiger partial charge in [-0.1, -0.05) is 19.1 Å². The topological polar surface area (TPSA) is 127 Å². The van der Waals surface area contributed by atoms with Crippen LogP contribution in [0.2, 0.25) is 0 Å². The lowest BCUT2D eigenvalue weighted by atomic mass is 10.0. The summed E-state index contributed by atoms with van der Waals surface area (Å²) in [5.74, 6) is 1.39. The van der Waals surface area contributed by atoms with E-state index in [-0.39, 0.29) is 41.7 Å². The molecule has 0 spiro atoms. The van der Waals surface area contributed by atoms with Gasteiger partial charge in [0.15, 0.2) is 32.8 Å². The van der Waals surface area contributed by atoms with E-state index >= 15 is 0 Å². The lowest BCUT2D eigenvalue weighted by molar-refractivity contribution is 0.0434. The average molecular weight is 668 g/mol. The van der Waals surface area contributed by atoms with Gasteiger partial charge in [0.25, 0.3) is 11.8 Å². The zero-order chi connectivity index (χ0) is 33.7. The zero-order valence-electron chi connectivity index (χ0n) is 27.4. The first kappa shape index (κ1) is 34.1. The van der Waals surface area contributed by atoms with Gasteiger partial charge < -0.3 is 28.4 Å². The second-order valence-electron chi connectivity index (χ2n) is 11.5. The molecule has 0 bridgehead atoms. The molecule has 252 valence electrons. The summed E-state index contributed by atoms with van der Waals surface area (Å²) in [5.41, 5.74) is 2.34. The van der Waals surface area contributed by atoms with Gasteiger partial charge in [-0.15, -0.1) is 0 Å². The fourth-order valence-corrected chi connectivity index (χ4v) is 6.77. The first-order valence-corrected chi connectivity index (χ1v) is 17.5. The van der Waals surface area contributed by atoms with Gasteiger partial charge in [0.05, 0.1) is 57.9 Å². The van der Waals surface area contributed by atoms with Crippen LogP contribution in [0.1, 0.15) is 83.1 Å². The predicted octanol–water partition coefficient (Wildman–Crippen LogP) is 5.95. The van der Waals surface area contributed by atoms with E-state index < -0.39 is 15.9 Å². The molecule has 2 heterocycles. The molecular weight excluding hydrogens is 626 g/mol.